The topological polar surface area (TPSA) is 15.3 Å². The number of hydrogen-bond donors (Lipinski definition) is 1. The summed E-state index contributed by atoms with van der Waals surface area (Å²) in [6.45, 7) is 16.0. The summed E-state index contributed by atoms with van der Waals surface area (Å²) < 4.78 is 0. The quantitative estimate of drug-likeness (QED) is 0.467. The first kappa shape index (κ1) is 14.7. The van der Waals surface area contributed by atoms with Crippen molar-refractivity contribution in [2.45, 2.75) is 52.6 Å². The predicted octanol–water partition coefficient (Wildman–Crippen LogP) is 2.66. The molecule has 0 radical (unpaired) electrons. The van der Waals surface area contributed by atoms with E-state index < -0.39 is 0 Å². The van der Waals surface area contributed by atoms with Gasteiger partial charge in [-0.15, -0.1) is 6.58 Å². The Bertz CT molecular complexity index is 155. The third-order valence-corrected chi connectivity index (χ3v) is 2.75. The minimum Gasteiger partial charge on any atom is -0.315 e. The SMILES string of the molecule is C=CCN(C(C)C)C(CC)CNCCC. The van der Waals surface area contributed by atoms with Crippen LogP contribution in [0, 0.1) is 0 Å². The standard InChI is InChI=1S/C13H28N2/c1-6-9-14-11-13(8-3)15(10-7-2)12(4)5/h7,12-14H,2,6,8-11H2,1,3-5H3. The third-order valence-electron chi connectivity index (χ3n) is 2.75. The summed E-state index contributed by atoms with van der Waals surface area (Å²) in [6.07, 6.45) is 4.41. The number of nitrogens with zero attached hydrogens (tertiary/aromatic N) is 1. The molecule has 0 aromatic heterocycles. The molecule has 0 saturated carbocycles. The lowest BCUT2D eigenvalue weighted by molar-refractivity contribution is 0.164. The van der Waals surface area contributed by atoms with Gasteiger partial charge < -0.3 is 5.32 Å². The highest BCUT2D eigenvalue weighted by Crippen LogP contribution is 2.08. The van der Waals surface area contributed by atoms with E-state index in [9.17, 15) is 0 Å². The average molecular weight is 212 g/mol. The van der Waals surface area contributed by atoms with Crippen molar-refractivity contribution in [1.29, 1.82) is 0 Å². The molecule has 2 heteroatoms. The van der Waals surface area contributed by atoms with Gasteiger partial charge in [0.2, 0.25) is 0 Å². The van der Waals surface area contributed by atoms with Crippen LogP contribution in [0.1, 0.15) is 40.5 Å². The highest BCUT2D eigenvalue weighted by atomic mass is 15.2. The van der Waals surface area contributed by atoms with Crippen molar-refractivity contribution in [3.8, 4) is 0 Å². The van der Waals surface area contributed by atoms with Crippen LogP contribution in [-0.2, 0) is 0 Å². The van der Waals surface area contributed by atoms with Crippen LogP contribution in [0.5, 0.6) is 0 Å². The number of rotatable bonds is 9. The first-order valence-electron chi connectivity index (χ1n) is 6.24. The molecule has 0 saturated heterocycles. The lowest BCUT2D eigenvalue weighted by Crippen LogP contribution is -2.45. The molecule has 0 spiro atoms. The van der Waals surface area contributed by atoms with Crippen molar-refractivity contribution in [2.24, 2.45) is 0 Å². The minimum absolute atomic E-state index is 0.594. The van der Waals surface area contributed by atoms with Crippen molar-refractivity contribution < 1.29 is 0 Å². The fourth-order valence-corrected chi connectivity index (χ4v) is 1.87. The Hall–Kier alpha value is -0.340. The molecule has 0 bridgehead atoms. The predicted molar refractivity (Wildman–Crippen MR) is 69.3 cm³/mol. The van der Waals surface area contributed by atoms with Gasteiger partial charge in [0.05, 0.1) is 0 Å². The van der Waals surface area contributed by atoms with Crippen molar-refractivity contribution in [3.05, 3.63) is 12.7 Å². The largest absolute Gasteiger partial charge is 0.315 e. The lowest BCUT2D eigenvalue weighted by atomic mass is 10.1. The molecule has 1 unspecified atom stereocenters. The van der Waals surface area contributed by atoms with Gasteiger partial charge in [-0.3, -0.25) is 4.90 Å². The van der Waals surface area contributed by atoms with Crippen LogP contribution in [0.15, 0.2) is 12.7 Å². The van der Waals surface area contributed by atoms with Gasteiger partial charge in [-0.25, -0.2) is 0 Å². The summed E-state index contributed by atoms with van der Waals surface area (Å²) in [5.41, 5.74) is 0. The van der Waals surface area contributed by atoms with Crippen LogP contribution in [0.4, 0.5) is 0 Å². The summed E-state index contributed by atoms with van der Waals surface area (Å²) in [4.78, 5) is 2.51. The molecule has 0 aliphatic heterocycles. The molecule has 0 fully saturated rings. The highest BCUT2D eigenvalue weighted by Gasteiger charge is 2.17. The zero-order valence-corrected chi connectivity index (χ0v) is 10.9. The van der Waals surface area contributed by atoms with Gasteiger partial charge in [0, 0.05) is 25.2 Å². The molecular weight excluding hydrogens is 184 g/mol. The Morgan fingerprint density at radius 2 is 2.00 bits per heavy atom. The number of nitrogens with one attached hydrogen (secondary N) is 1. The van der Waals surface area contributed by atoms with Gasteiger partial charge in [0.15, 0.2) is 0 Å². The van der Waals surface area contributed by atoms with Gasteiger partial charge in [0.25, 0.3) is 0 Å². The maximum Gasteiger partial charge on any atom is 0.0224 e. The van der Waals surface area contributed by atoms with E-state index >= 15 is 0 Å². The average Bonchev–Trinajstić information content (AvgIpc) is 2.22. The first-order valence-corrected chi connectivity index (χ1v) is 6.24. The molecule has 0 amide bonds. The summed E-state index contributed by atoms with van der Waals surface area (Å²) in [7, 11) is 0. The molecule has 0 aromatic rings. The van der Waals surface area contributed by atoms with Crippen LogP contribution in [0.3, 0.4) is 0 Å². The zero-order chi connectivity index (χ0) is 11.7. The summed E-state index contributed by atoms with van der Waals surface area (Å²) >= 11 is 0. The van der Waals surface area contributed by atoms with Gasteiger partial charge in [0.1, 0.15) is 0 Å². The molecule has 2 nitrogen and oxygen atoms in total. The molecule has 0 rings (SSSR count). The van der Waals surface area contributed by atoms with Crippen molar-refractivity contribution >= 4 is 0 Å². The van der Waals surface area contributed by atoms with Crippen LogP contribution >= 0.6 is 0 Å². The molecule has 0 aromatic carbocycles. The molecule has 0 heterocycles. The van der Waals surface area contributed by atoms with E-state index in [1.165, 1.54) is 12.8 Å². The second-order valence-corrected chi connectivity index (χ2v) is 4.35. The number of hydrogen-bond acceptors (Lipinski definition) is 2. The van der Waals surface area contributed by atoms with Crippen LogP contribution in [0.25, 0.3) is 0 Å². The van der Waals surface area contributed by atoms with Crippen molar-refractivity contribution in [1.82, 2.24) is 10.2 Å². The summed E-state index contributed by atoms with van der Waals surface area (Å²) in [5, 5.41) is 3.50. The zero-order valence-electron chi connectivity index (χ0n) is 10.9. The van der Waals surface area contributed by atoms with Gasteiger partial charge >= 0.3 is 0 Å². The Labute approximate surface area is 95.7 Å². The van der Waals surface area contributed by atoms with Gasteiger partial charge in [-0.1, -0.05) is 19.9 Å². The van der Waals surface area contributed by atoms with Gasteiger partial charge in [-0.05, 0) is 33.2 Å². The van der Waals surface area contributed by atoms with Crippen LogP contribution in [-0.4, -0.2) is 36.6 Å². The van der Waals surface area contributed by atoms with E-state index in [2.05, 4.69) is 44.5 Å². The van der Waals surface area contributed by atoms with Crippen molar-refractivity contribution in [3.63, 3.8) is 0 Å². The van der Waals surface area contributed by atoms with E-state index in [0.29, 0.717) is 12.1 Å². The van der Waals surface area contributed by atoms with Crippen LogP contribution in [0.2, 0.25) is 0 Å². The Kier molecular flexibility index (Phi) is 8.73. The van der Waals surface area contributed by atoms with Crippen LogP contribution < -0.4 is 5.32 Å². The molecule has 0 aliphatic carbocycles. The maximum atomic E-state index is 3.83. The third kappa shape index (κ3) is 5.95. The monoisotopic (exact) mass is 212 g/mol. The van der Waals surface area contributed by atoms with E-state index in [0.717, 1.165) is 19.6 Å². The second kappa shape index (κ2) is 8.93. The first-order chi connectivity index (χ1) is 7.17. The summed E-state index contributed by atoms with van der Waals surface area (Å²) in [5.74, 6) is 0. The van der Waals surface area contributed by atoms with E-state index in [1.54, 1.807) is 0 Å². The molecule has 1 atom stereocenters. The van der Waals surface area contributed by atoms with E-state index in [-0.39, 0.29) is 0 Å². The highest BCUT2D eigenvalue weighted by molar-refractivity contribution is 4.82. The minimum atomic E-state index is 0.594. The van der Waals surface area contributed by atoms with Crippen molar-refractivity contribution in [2.75, 3.05) is 19.6 Å². The fraction of sp³-hybridized carbons (Fsp3) is 0.846. The Morgan fingerprint density at radius 1 is 1.33 bits per heavy atom. The molecule has 0 aliphatic rings. The normalized spacial score (nSPS) is 13.5. The Balaban J connectivity index is 4.12. The van der Waals surface area contributed by atoms with E-state index in [4.69, 9.17) is 0 Å². The van der Waals surface area contributed by atoms with E-state index in [1.807, 2.05) is 6.08 Å². The second-order valence-electron chi connectivity index (χ2n) is 4.35. The lowest BCUT2D eigenvalue weighted by Gasteiger charge is -2.33. The summed E-state index contributed by atoms with van der Waals surface area (Å²) in [6, 6.07) is 1.23. The molecular formula is C13H28N2. The molecule has 90 valence electrons. The Morgan fingerprint density at radius 3 is 2.40 bits per heavy atom. The smallest absolute Gasteiger partial charge is 0.0224 e. The molecule has 15 heavy (non-hydrogen) atoms. The van der Waals surface area contributed by atoms with Gasteiger partial charge in [-0.2, -0.15) is 0 Å². The fourth-order valence-electron chi connectivity index (χ4n) is 1.87. The molecule has 1 N–H and O–H groups in total. The maximum absolute atomic E-state index is 3.83.